The summed E-state index contributed by atoms with van der Waals surface area (Å²) in [4.78, 5) is 21.2. The molecule has 6 rings (SSSR count). The summed E-state index contributed by atoms with van der Waals surface area (Å²) in [5.41, 5.74) is 6.67. The van der Waals surface area contributed by atoms with Crippen LogP contribution in [0.4, 0.5) is 0 Å². The van der Waals surface area contributed by atoms with Crippen molar-refractivity contribution in [3.63, 3.8) is 0 Å². The monoisotopic (exact) mass is 379 g/mol. The van der Waals surface area contributed by atoms with Crippen molar-refractivity contribution in [2.75, 3.05) is 0 Å². The van der Waals surface area contributed by atoms with Crippen molar-refractivity contribution in [1.29, 1.82) is 0 Å². The van der Waals surface area contributed by atoms with E-state index in [9.17, 15) is 0 Å². The number of nitrogens with zero attached hydrogens (tertiary/aromatic N) is 5. The van der Waals surface area contributed by atoms with Crippen molar-refractivity contribution in [3.8, 4) is 33.8 Å². The van der Waals surface area contributed by atoms with Crippen LogP contribution in [0.5, 0.6) is 0 Å². The second-order valence-electron chi connectivity index (χ2n) is 6.59. The first-order valence-electron chi connectivity index (χ1n) is 8.99. The van der Waals surface area contributed by atoms with E-state index in [0.717, 1.165) is 33.2 Å². The largest absolute Gasteiger partial charge is 0.472 e. The standard InChI is InChI=1S/C21H13N7O/c1-2-12(9-22-5-1)14-8-16-18(27-28-19(16)24-10-14)21-25-17-15(13-4-7-29-11-13)3-6-23-20(17)26-21/h1-11H,(H,23,25,26)(H,24,27,28). The Balaban J connectivity index is 1.53. The van der Waals surface area contributed by atoms with Gasteiger partial charge in [0.2, 0.25) is 0 Å². The third kappa shape index (κ3) is 2.50. The number of aromatic nitrogens is 7. The van der Waals surface area contributed by atoms with Gasteiger partial charge in [-0.05, 0) is 24.3 Å². The van der Waals surface area contributed by atoms with Crippen LogP contribution in [0.2, 0.25) is 0 Å². The molecule has 0 saturated carbocycles. The molecule has 0 aliphatic carbocycles. The van der Waals surface area contributed by atoms with Crippen LogP contribution < -0.4 is 0 Å². The number of hydrogen-bond donors (Lipinski definition) is 2. The maximum absolute atomic E-state index is 5.22. The van der Waals surface area contributed by atoms with Crippen molar-refractivity contribution >= 4 is 22.2 Å². The molecule has 138 valence electrons. The number of aromatic amines is 2. The number of hydrogen-bond acceptors (Lipinski definition) is 6. The van der Waals surface area contributed by atoms with Crippen molar-refractivity contribution < 1.29 is 4.42 Å². The van der Waals surface area contributed by atoms with Gasteiger partial charge in [-0.15, -0.1) is 0 Å². The van der Waals surface area contributed by atoms with E-state index in [1.807, 2.05) is 36.5 Å². The van der Waals surface area contributed by atoms with Gasteiger partial charge in [-0.25, -0.2) is 15.0 Å². The van der Waals surface area contributed by atoms with Gasteiger partial charge in [0.25, 0.3) is 0 Å². The molecule has 0 aliphatic rings. The normalized spacial score (nSPS) is 11.4. The van der Waals surface area contributed by atoms with E-state index in [0.29, 0.717) is 22.8 Å². The minimum Gasteiger partial charge on any atom is -0.472 e. The Hall–Kier alpha value is -4.33. The Labute approximate surface area is 163 Å². The third-order valence-corrected chi connectivity index (χ3v) is 4.85. The Morgan fingerprint density at radius 2 is 1.90 bits per heavy atom. The van der Waals surface area contributed by atoms with Gasteiger partial charge in [0.1, 0.15) is 11.2 Å². The van der Waals surface area contributed by atoms with E-state index in [4.69, 9.17) is 9.40 Å². The maximum Gasteiger partial charge on any atom is 0.161 e. The van der Waals surface area contributed by atoms with Crippen LogP contribution in [-0.2, 0) is 0 Å². The number of furan rings is 1. The molecule has 0 aromatic carbocycles. The van der Waals surface area contributed by atoms with Crippen LogP contribution >= 0.6 is 0 Å². The lowest BCUT2D eigenvalue weighted by atomic mass is 10.1. The number of fused-ring (bicyclic) bond motifs is 2. The molecule has 0 aliphatic heterocycles. The molecule has 0 radical (unpaired) electrons. The smallest absolute Gasteiger partial charge is 0.161 e. The molecule has 0 unspecified atom stereocenters. The average molecular weight is 379 g/mol. The fourth-order valence-electron chi connectivity index (χ4n) is 3.45. The van der Waals surface area contributed by atoms with E-state index < -0.39 is 0 Å². The first-order chi connectivity index (χ1) is 14.4. The summed E-state index contributed by atoms with van der Waals surface area (Å²) in [5.74, 6) is 0.625. The first kappa shape index (κ1) is 15.7. The van der Waals surface area contributed by atoms with E-state index in [1.165, 1.54) is 0 Å². The van der Waals surface area contributed by atoms with Crippen LogP contribution in [0.1, 0.15) is 0 Å². The summed E-state index contributed by atoms with van der Waals surface area (Å²) in [6.07, 6.45) is 10.4. The first-order valence-corrected chi connectivity index (χ1v) is 8.99. The molecular weight excluding hydrogens is 366 g/mol. The van der Waals surface area contributed by atoms with Gasteiger partial charge >= 0.3 is 0 Å². The molecule has 0 spiro atoms. The van der Waals surface area contributed by atoms with Gasteiger partial charge in [0.05, 0.1) is 17.9 Å². The highest BCUT2D eigenvalue weighted by molar-refractivity contribution is 5.95. The molecule has 0 saturated heterocycles. The predicted octanol–water partition coefficient (Wildman–Crippen LogP) is 4.22. The number of rotatable bonds is 3. The fourth-order valence-corrected chi connectivity index (χ4v) is 3.45. The molecule has 0 bridgehead atoms. The molecule has 6 aromatic heterocycles. The Bertz CT molecular complexity index is 1450. The van der Waals surface area contributed by atoms with E-state index in [2.05, 4.69) is 30.1 Å². The van der Waals surface area contributed by atoms with Gasteiger partial charge in [0, 0.05) is 47.0 Å². The molecule has 0 amide bonds. The van der Waals surface area contributed by atoms with Gasteiger partial charge < -0.3 is 9.40 Å². The number of nitrogens with one attached hydrogen (secondary N) is 2. The Morgan fingerprint density at radius 3 is 2.76 bits per heavy atom. The highest BCUT2D eigenvalue weighted by Gasteiger charge is 2.17. The average Bonchev–Trinajstić information content (AvgIpc) is 3.52. The minimum absolute atomic E-state index is 0.625. The molecule has 6 aromatic rings. The summed E-state index contributed by atoms with van der Waals surface area (Å²) in [5, 5.41) is 8.30. The molecule has 6 heterocycles. The molecule has 0 fully saturated rings. The summed E-state index contributed by atoms with van der Waals surface area (Å²) in [6.45, 7) is 0. The van der Waals surface area contributed by atoms with Crippen LogP contribution in [-0.4, -0.2) is 35.1 Å². The predicted molar refractivity (Wildman–Crippen MR) is 108 cm³/mol. The third-order valence-electron chi connectivity index (χ3n) is 4.85. The minimum atomic E-state index is 0.625. The molecule has 29 heavy (non-hydrogen) atoms. The zero-order valence-electron chi connectivity index (χ0n) is 15.0. The lowest BCUT2D eigenvalue weighted by molar-refractivity contribution is 0.568. The van der Waals surface area contributed by atoms with Gasteiger partial charge in [-0.1, -0.05) is 6.07 Å². The van der Waals surface area contributed by atoms with Crippen LogP contribution in [0, 0.1) is 0 Å². The van der Waals surface area contributed by atoms with E-state index >= 15 is 0 Å². The molecule has 8 nitrogen and oxygen atoms in total. The summed E-state index contributed by atoms with van der Waals surface area (Å²) in [7, 11) is 0. The topological polar surface area (TPSA) is 109 Å². The summed E-state index contributed by atoms with van der Waals surface area (Å²) >= 11 is 0. The van der Waals surface area contributed by atoms with E-state index in [-0.39, 0.29) is 0 Å². The quantitative estimate of drug-likeness (QED) is 0.476. The lowest BCUT2D eigenvalue weighted by Gasteiger charge is -2.00. The zero-order valence-corrected chi connectivity index (χ0v) is 15.0. The SMILES string of the molecule is c1cncc(-c2cnc3[nH]nc(-c4nc5c(-c6ccoc6)ccnc5[nH]4)c3c2)c1. The van der Waals surface area contributed by atoms with Gasteiger partial charge in [-0.3, -0.25) is 10.1 Å². The fraction of sp³-hybridized carbons (Fsp3) is 0. The number of pyridine rings is 3. The van der Waals surface area contributed by atoms with Crippen LogP contribution in [0.3, 0.4) is 0 Å². The summed E-state index contributed by atoms with van der Waals surface area (Å²) in [6, 6.07) is 9.76. The number of H-pyrrole nitrogens is 2. The van der Waals surface area contributed by atoms with Gasteiger partial charge in [-0.2, -0.15) is 5.10 Å². The second kappa shape index (κ2) is 6.10. The Kier molecular flexibility index (Phi) is 3.30. The second-order valence-corrected chi connectivity index (χ2v) is 6.59. The maximum atomic E-state index is 5.22. The Morgan fingerprint density at radius 1 is 0.897 bits per heavy atom. The van der Waals surface area contributed by atoms with E-state index in [1.54, 1.807) is 31.1 Å². The van der Waals surface area contributed by atoms with Crippen LogP contribution in [0.15, 0.2) is 72.1 Å². The summed E-state index contributed by atoms with van der Waals surface area (Å²) < 4.78 is 5.22. The molecular formula is C21H13N7O. The highest BCUT2D eigenvalue weighted by atomic mass is 16.3. The lowest BCUT2D eigenvalue weighted by Crippen LogP contribution is -1.84. The van der Waals surface area contributed by atoms with Gasteiger partial charge in [0.15, 0.2) is 17.1 Å². The van der Waals surface area contributed by atoms with Crippen molar-refractivity contribution in [2.24, 2.45) is 0 Å². The highest BCUT2D eigenvalue weighted by Crippen LogP contribution is 2.31. The van der Waals surface area contributed by atoms with Crippen molar-refractivity contribution in [2.45, 2.75) is 0 Å². The van der Waals surface area contributed by atoms with Crippen LogP contribution in [0.25, 0.3) is 56.0 Å². The molecule has 2 N–H and O–H groups in total. The van der Waals surface area contributed by atoms with Crippen molar-refractivity contribution in [1.82, 2.24) is 35.1 Å². The zero-order chi connectivity index (χ0) is 19.2. The molecule has 0 atom stereocenters. The number of imidazole rings is 1. The van der Waals surface area contributed by atoms with Crippen molar-refractivity contribution in [3.05, 3.63) is 67.6 Å². The molecule has 8 heteroatoms.